The molecule has 4 rings (SSSR count). The van der Waals surface area contributed by atoms with E-state index < -0.39 is 21.8 Å². The molecule has 0 saturated carbocycles. The summed E-state index contributed by atoms with van der Waals surface area (Å²) in [6.45, 7) is 3.10. The number of sulfonamides is 1. The van der Waals surface area contributed by atoms with Crippen LogP contribution in [-0.4, -0.2) is 44.8 Å². The Balaban J connectivity index is 1.34. The fourth-order valence-electron chi connectivity index (χ4n) is 4.26. The summed E-state index contributed by atoms with van der Waals surface area (Å²) in [5.41, 5.74) is 2.23. The van der Waals surface area contributed by atoms with E-state index in [0.717, 1.165) is 30.8 Å². The SMILES string of the molecule is O=C(NCc1ccc(N2CCCC2)cc1)[C@H]1CCCN(S(=O)(=O)c2ccc(F)cc2)C1. The average molecular weight is 446 g/mol. The molecule has 1 amide bonds. The number of carbonyl (C=O) groups excluding carboxylic acids is 1. The lowest BCUT2D eigenvalue weighted by Crippen LogP contribution is -2.45. The first-order valence-electron chi connectivity index (χ1n) is 10.8. The summed E-state index contributed by atoms with van der Waals surface area (Å²) in [7, 11) is -3.74. The predicted octanol–water partition coefficient (Wildman–Crippen LogP) is 3.14. The Kier molecular flexibility index (Phi) is 6.57. The monoisotopic (exact) mass is 445 g/mol. The van der Waals surface area contributed by atoms with Crippen molar-refractivity contribution in [2.45, 2.75) is 37.1 Å². The molecule has 2 heterocycles. The zero-order valence-corrected chi connectivity index (χ0v) is 18.3. The second kappa shape index (κ2) is 9.36. The molecule has 0 spiro atoms. The minimum absolute atomic E-state index is 0.0491. The molecular weight excluding hydrogens is 417 g/mol. The molecule has 8 heteroatoms. The average Bonchev–Trinajstić information content (AvgIpc) is 3.33. The number of carbonyl (C=O) groups is 1. The van der Waals surface area contributed by atoms with Gasteiger partial charge in [0, 0.05) is 38.4 Å². The molecule has 0 bridgehead atoms. The summed E-state index contributed by atoms with van der Waals surface area (Å²) in [4.78, 5) is 15.1. The highest BCUT2D eigenvalue weighted by Crippen LogP contribution is 2.24. The van der Waals surface area contributed by atoms with Gasteiger partial charge in [0.25, 0.3) is 0 Å². The van der Waals surface area contributed by atoms with Gasteiger partial charge in [-0.1, -0.05) is 12.1 Å². The molecule has 0 radical (unpaired) electrons. The number of hydrogen-bond donors (Lipinski definition) is 1. The number of nitrogens with one attached hydrogen (secondary N) is 1. The molecule has 0 unspecified atom stereocenters. The molecule has 0 aliphatic carbocycles. The van der Waals surface area contributed by atoms with Crippen molar-refractivity contribution in [1.29, 1.82) is 0 Å². The van der Waals surface area contributed by atoms with Crippen molar-refractivity contribution in [1.82, 2.24) is 9.62 Å². The number of piperidine rings is 1. The predicted molar refractivity (Wildman–Crippen MR) is 118 cm³/mol. The van der Waals surface area contributed by atoms with Gasteiger partial charge in [0.1, 0.15) is 5.82 Å². The fraction of sp³-hybridized carbons (Fsp3) is 0.435. The molecule has 2 aliphatic heterocycles. The highest BCUT2D eigenvalue weighted by molar-refractivity contribution is 7.89. The fourth-order valence-corrected chi connectivity index (χ4v) is 5.79. The summed E-state index contributed by atoms with van der Waals surface area (Å²) in [6, 6.07) is 13.0. The van der Waals surface area contributed by atoms with E-state index >= 15 is 0 Å². The van der Waals surface area contributed by atoms with E-state index in [1.54, 1.807) is 0 Å². The van der Waals surface area contributed by atoms with Crippen molar-refractivity contribution < 1.29 is 17.6 Å². The highest BCUT2D eigenvalue weighted by Gasteiger charge is 2.33. The second-order valence-electron chi connectivity index (χ2n) is 8.23. The van der Waals surface area contributed by atoms with Gasteiger partial charge in [0.05, 0.1) is 10.8 Å². The van der Waals surface area contributed by atoms with Gasteiger partial charge in [-0.3, -0.25) is 4.79 Å². The second-order valence-corrected chi connectivity index (χ2v) is 10.2. The molecule has 31 heavy (non-hydrogen) atoms. The maximum atomic E-state index is 13.1. The smallest absolute Gasteiger partial charge is 0.243 e. The van der Waals surface area contributed by atoms with E-state index in [0.29, 0.717) is 25.9 Å². The van der Waals surface area contributed by atoms with E-state index in [1.165, 1.54) is 35.0 Å². The van der Waals surface area contributed by atoms with Crippen LogP contribution < -0.4 is 10.2 Å². The number of nitrogens with zero attached hydrogens (tertiary/aromatic N) is 2. The van der Waals surface area contributed by atoms with Crippen molar-refractivity contribution in [3.8, 4) is 0 Å². The van der Waals surface area contributed by atoms with Gasteiger partial charge in [-0.15, -0.1) is 0 Å². The lowest BCUT2D eigenvalue weighted by atomic mass is 9.98. The van der Waals surface area contributed by atoms with E-state index in [-0.39, 0.29) is 17.3 Å². The van der Waals surface area contributed by atoms with E-state index in [2.05, 4.69) is 22.3 Å². The van der Waals surface area contributed by atoms with Crippen molar-refractivity contribution in [2.75, 3.05) is 31.1 Å². The van der Waals surface area contributed by atoms with Gasteiger partial charge >= 0.3 is 0 Å². The summed E-state index contributed by atoms with van der Waals surface area (Å²) >= 11 is 0. The van der Waals surface area contributed by atoms with E-state index in [9.17, 15) is 17.6 Å². The first kappa shape index (κ1) is 21.8. The topological polar surface area (TPSA) is 69.7 Å². The molecular formula is C23H28FN3O3S. The van der Waals surface area contributed by atoms with Gasteiger partial charge in [-0.25, -0.2) is 12.8 Å². The van der Waals surface area contributed by atoms with E-state index in [4.69, 9.17) is 0 Å². The Bertz CT molecular complexity index is 1000. The van der Waals surface area contributed by atoms with E-state index in [1.807, 2.05) is 12.1 Å². The number of amides is 1. The van der Waals surface area contributed by atoms with Crippen LogP contribution in [0.25, 0.3) is 0 Å². The van der Waals surface area contributed by atoms with Crippen LogP contribution in [0.5, 0.6) is 0 Å². The van der Waals surface area contributed by atoms with Crippen molar-refractivity contribution in [3.05, 3.63) is 59.9 Å². The molecule has 1 N–H and O–H groups in total. The quantitative estimate of drug-likeness (QED) is 0.742. The Morgan fingerprint density at radius 1 is 0.968 bits per heavy atom. The van der Waals surface area contributed by atoms with Crippen LogP contribution in [0, 0.1) is 11.7 Å². The first-order valence-corrected chi connectivity index (χ1v) is 12.2. The van der Waals surface area contributed by atoms with Crippen LogP contribution in [0.3, 0.4) is 0 Å². The maximum absolute atomic E-state index is 13.1. The van der Waals surface area contributed by atoms with Crippen molar-refractivity contribution >= 4 is 21.6 Å². The zero-order valence-electron chi connectivity index (χ0n) is 17.5. The summed E-state index contributed by atoms with van der Waals surface area (Å²) in [5.74, 6) is -1.02. The van der Waals surface area contributed by atoms with Crippen LogP contribution in [0.2, 0.25) is 0 Å². The summed E-state index contributed by atoms with van der Waals surface area (Å²) in [5, 5.41) is 2.95. The highest BCUT2D eigenvalue weighted by atomic mass is 32.2. The normalized spacial score (nSPS) is 20.0. The molecule has 2 aliphatic rings. The zero-order chi connectivity index (χ0) is 21.8. The van der Waals surface area contributed by atoms with Gasteiger partial charge in [-0.05, 0) is 67.6 Å². The molecule has 2 fully saturated rings. The summed E-state index contributed by atoms with van der Waals surface area (Å²) in [6.07, 6.45) is 3.72. The minimum atomic E-state index is -3.74. The lowest BCUT2D eigenvalue weighted by Gasteiger charge is -2.31. The Labute approximate surface area is 183 Å². The molecule has 6 nitrogen and oxygen atoms in total. The van der Waals surface area contributed by atoms with Crippen LogP contribution in [-0.2, 0) is 21.4 Å². The largest absolute Gasteiger partial charge is 0.372 e. The molecule has 2 aromatic rings. The minimum Gasteiger partial charge on any atom is -0.372 e. The molecule has 0 aromatic heterocycles. The van der Waals surface area contributed by atoms with Gasteiger partial charge in [0.2, 0.25) is 15.9 Å². The van der Waals surface area contributed by atoms with Crippen molar-refractivity contribution in [2.24, 2.45) is 5.92 Å². The number of anilines is 1. The van der Waals surface area contributed by atoms with Crippen LogP contribution >= 0.6 is 0 Å². The lowest BCUT2D eigenvalue weighted by molar-refractivity contribution is -0.126. The molecule has 2 aromatic carbocycles. The van der Waals surface area contributed by atoms with Gasteiger partial charge in [0.15, 0.2) is 0 Å². The van der Waals surface area contributed by atoms with Crippen LogP contribution in [0.15, 0.2) is 53.4 Å². The molecule has 1 atom stereocenters. The molecule has 2 saturated heterocycles. The Morgan fingerprint density at radius 3 is 2.32 bits per heavy atom. The summed E-state index contributed by atoms with van der Waals surface area (Å²) < 4.78 is 40.2. The van der Waals surface area contributed by atoms with Gasteiger partial charge < -0.3 is 10.2 Å². The third kappa shape index (κ3) is 5.07. The maximum Gasteiger partial charge on any atom is 0.243 e. The number of hydrogen-bond acceptors (Lipinski definition) is 4. The number of benzene rings is 2. The van der Waals surface area contributed by atoms with Gasteiger partial charge in [-0.2, -0.15) is 4.31 Å². The third-order valence-electron chi connectivity index (χ3n) is 6.08. The standard InChI is InChI=1S/C23H28FN3O3S/c24-20-7-11-22(12-8-20)31(29,30)27-15-3-4-19(17-27)23(28)25-16-18-5-9-21(10-6-18)26-13-1-2-14-26/h5-12,19H,1-4,13-17H2,(H,25,28)/t19-/m0/s1. The third-order valence-corrected chi connectivity index (χ3v) is 7.96. The Morgan fingerprint density at radius 2 is 1.65 bits per heavy atom. The number of halogens is 1. The molecule has 166 valence electrons. The number of rotatable bonds is 6. The van der Waals surface area contributed by atoms with Crippen LogP contribution in [0.1, 0.15) is 31.2 Å². The first-order chi connectivity index (χ1) is 14.9. The van der Waals surface area contributed by atoms with Crippen molar-refractivity contribution in [3.63, 3.8) is 0 Å². The Hall–Kier alpha value is -2.45. The van der Waals surface area contributed by atoms with Crippen LogP contribution in [0.4, 0.5) is 10.1 Å².